The number of nitrogens with one attached hydrogen (secondary N) is 2. The van der Waals surface area contributed by atoms with Crippen molar-refractivity contribution in [3.05, 3.63) is 42.2 Å². The molecule has 2 N–H and O–H groups in total. The zero-order chi connectivity index (χ0) is 16.7. The number of amides is 2. The summed E-state index contributed by atoms with van der Waals surface area (Å²) < 4.78 is 15.7. The van der Waals surface area contributed by atoms with E-state index in [2.05, 4.69) is 15.6 Å². The van der Waals surface area contributed by atoms with Crippen LogP contribution in [-0.2, 0) is 6.54 Å². The Kier molecular flexibility index (Phi) is 5.62. The van der Waals surface area contributed by atoms with E-state index in [4.69, 9.17) is 14.2 Å². The molecule has 0 unspecified atom stereocenters. The molecule has 0 bridgehead atoms. The molecule has 2 rings (SSSR count). The molecule has 2 aromatic rings. The maximum atomic E-state index is 12.0. The van der Waals surface area contributed by atoms with E-state index in [9.17, 15) is 4.79 Å². The molecule has 0 saturated carbocycles. The number of pyridine rings is 1. The first-order chi connectivity index (χ1) is 11.2. The number of hydrogen-bond acceptors (Lipinski definition) is 5. The average molecular weight is 317 g/mol. The standard InChI is InChI=1S/C16H19N3O4/c1-21-13-7-12(8-14(22-2)15(13)23-3)19-16(20)18-10-11-5-4-6-17-9-11/h4-9H,10H2,1-3H3,(H2,18,19,20). The zero-order valence-corrected chi connectivity index (χ0v) is 13.3. The Hall–Kier alpha value is -2.96. The summed E-state index contributed by atoms with van der Waals surface area (Å²) in [6.07, 6.45) is 3.37. The lowest BCUT2D eigenvalue weighted by atomic mass is 10.2. The number of benzene rings is 1. The van der Waals surface area contributed by atoms with Crippen molar-refractivity contribution in [2.24, 2.45) is 0 Å². The molecule has 7 heteroatoms. The van der Waals surface area contributed by atoms with Crippen LogP contribution in [0.1, 0.15) is 5.56 Å². The Labute approximate surface area is 134 Å². The molecule has 0 saturated heterocycles. The molecule has 0 aliphatic rings. The van der Waals surface area contributed by atoms with Crippen LogP contribution < -0.4 is 24.8 Å². The molecule has 1 aromatic heterocycles. The minimum absolute atomic E-state index is 0.344. The molecular weight excluding hydrogens is 298 g/mol. The van der Waals surface area contributed by atoms with Crippen LogP contribution in [0.3, 0.4) is 0 Å². The summed E-state index contributed by atoms with van der Waals surface area (Å²) in [6.45, 7) is 0.379. The second-order valence-electron chi connectivity index (χ2n) is 4.58. The van der Waals surface area contributed by atoms with Gasteiger partial charge in [-0.05, 0) is 11.6 Å². The number of anilines is 1. The summed E-state index contributed by atoms with van der Waals surface area (Å²) in [5.74, 6) is 1.40. The number of methoxy groups -OCH3 is 3. The van der Waals surface area contributed by atoms with Gasteiger partial charge in [-0.25, -0.2) is 4.79 Å². The summed E-state index contributed by atoms with van der Waals surface area (Å²) >= 11 is 0. The van der Waals surface area contributed by atoms with Crippen LogP contribution in [0.25, 0.3) is 0 Å². The summed E-state index contributed by atoms with van der Waals surface area (Å²) in [6, 6.07) is 6.67. The van der Waals surface area contributed by atoms with Crippen molar-refractivity contribution < 1.29 is 19.0 Å². The number of carbonyl (C=O) groups excluding carboxylic acids is 1. The van der Waals surface area contributed by atoms with Crippen LogP contribution in [0.15, 0.2) is 36.7 Å². The minimum Gasteiger partial charge on any atom is -0.493 e. The molecule has 1 aromatic carbocycles. The number of carbonyl (C=O) groups is 1. The predicted molar refractivity (Wildman–Crippen MR) is 86.2 cm³/mol. The summed E-state index contributed by atoms with van der Waals surface area (Å²) in [4.78, 5) is 16.0. The largest absolute Gasteiger partial charge is 0.493 e. The molecular formula is C16H19N3O4. The zero-order valence-electron chi connectivity index (χ0n) is 13.3. The molecule has 122 valence electrons. The molecule has 0 aliphatic heterocycles. The van der Waals surface area contributed by atoms with Crippen molar-refractivity contribution in [3.8, 4) is 17.2 Å². The lowest BCUT2D eigenvalue weighted by molar-refractivity contribution is 0.251. The quantitative estimate of drug-likeness (QED) is 0.855. The fourth-order valence-electron chi connectivity index (χ4n) is 2.01. The topological polar surface area (TPSA) is 81.7 Å². The lowest BCUT2D eigenvalue weighted by Crippen LogP contribution is -2.28. The summed E-state index contributed by atoms with van der Waals surface area (Å²) in [5.41, 5.74) is 1.44. The van der Waals surface area contributed by atoms with E-state index in [0.717, 1.165) is 5.56 Å². The highest BCUT2D eigenvalue weighted by Gasteiger charge is 2.14. The third-order valence-corrected chi connectivity index (χ3v) is 3.10. The van der Waals surface area contributed by atoms with Gasteiger partial charge in [0, 0.05) is 31.1 Å². The minimum atomic E-state index is -0.344. The summed E-state index contributed by atoms with van der Waals surface area (Å²) in [7, 11) is 4.56. The van der Waals surface area contributed by atoms with Gasteiger partial charge < -0.3 is 24.8 Å². The first kappa shape index (κ1) is 16.4. The highest BCUT2D eigenvalue weighted by molar-refractivity contribution is 5.90. The Bertz CT molecular complexity index is 637. The van der Waals surface area contributed by atoms with Gasteiger partial charge in [-0.15, -0.1) is 0 Å². The number of hydrogen-bond donors (Lipinski definition) is 2. The average Bonchev–Trinajstić information content (AvgIpc) is 2.59. The molecule has 7 nitrogen and oxygen atoms in total. The summed E-state index contributed by atoms with van der Waals surface area (Å²) in [5, 5.41) is 5.47. The lowest BCUT2D eigenvalue weighted by Gasteiger charge is -2.15. The number of ether oxygens (including phenoxy) is 3. The third kappa shape index (κ3) is 4.26. The molecule has 0 radical (unpaired) electrons. The maximum Gasteiger partial charge on any atom is 0.319 e. The third-order valence-electron chi connectivity index (χ3n) is 3.10. The second kappa shape index (κ2) is 7.88. The Balaban J connectivity index is 2.05. The molecule has 1 heterocycles. The monoisotopic (exact) mass is 317 g/mol. The molecule has 23 heavy (non-hydrogen) atoms. The van der Waals surface area contributed by atoms with Crippen molar-refractivity contribution in [2.45, 2.75) is 6.54 Å². The van der Waals surface area contributed by atoms with Gasteiger partial charge in [-0.3, -0.25) is 4.98 Å². The van der Waals surface area contributed by atoms with Crippen molar-refractivity contribution in [2.75, 3.05) is 26.6 Å². The van der Waals surface area contributed by atoms with Crippen LogP contribution in [0, 0.1) is 0 Å². The van der Waals surface area contributed by atoms with Crippen LogP contribution in [-0.4, -0.2) is 32.3 Å². The molecule has 0 aliphatic carbocycles. The van der Waals surface area contributed by atoms with Crippen molar-refractivity contribution in [1.29, 1.82) is 0 Å². The molecule has 0 fully saturated rings. The first-order valence-corrected chi connectivity index (χ1v) is 6.91. The smallest absolute Gasteiger partial charge is 0.319 e. The highest BCUT2D eigenvalue weighted by Crippen LogP contribution is 2.39. The van der Waals surface area contributed by atoms with E-state index >= 15 is 0 Å². The van der Waals surface area contributed by atoms with Crippen molar-refractivity contribution >= 4 is 11.7 Å². The number of nitrogens with zero attached hydrogens (tertiary/aromatic N) is 1. The van der Waals surface area contributed by atoms with Gasteiger partial charge in [0.1, 0.15) is 0 Å². The van der Waals surface area contributed by atoms with Crippen molar-refractivity contribution in [1.82, 2.24) is 10.3 Å². The van der Waals surface area contributed by atoms with E-state index in [0.29, 0.717) is 29.5 Å². The van der Waals surface area contributed by atoms with Crippen molar-refractivity contribution in [3.63, 3.8) is 0 Å². The number of aromatic nitrogens is 1. The fourth-order valence-corrected chi connectivity index (χ4v) is 2.01. The Morgan fingerprint density at radius 2 is 1.83 bits per heavy atom. The van der Waals surface area contributed by atoms with Gasteiger partial charge in [0.25, 0.3) is 0 Å². The van der Waals surface area contributed by atoms with Gasteiger partial charge in [0.2, 0.25) is 5.75 Å². The Morgan fingerprint density at radius 1 is 1.13 bits per heavy atom. The normalized spacial score (nSPS) is 9.87. The Morgan fingerprint density at radius 3 is 2.35 bits per heavy atom. The first-order valence-electron chi connectivity index (χ1n) is 6.91. The van der Waals surface area contributed by atoms with E-state index in [-0.39, 0.29) is 6.03 Å². The SMILES string of the molecule is COc1cc(NC(=O)NCc2cccnc2)cc(OC)c1OC. The second-order valence-corrected chi connectivity index (χ2v) is 4.58. The van der Waals surface area contributed by atoms with E-state index in [1.807, 2.05) is 12.1 Å². The van der Waals surface area contributed by atoms with Gasteiger partial charge in [-0.2, -0.15) is 0 Å². The maximum absolute atomic E-state index is 12.0. The fraction of sp³-hybridized carbons (Fsp3) is 0.250. The number of urea groups is 1. The molecule has 0 spiro atoms. The van der Waals surface area contributed by atoms with Gasteiger partial charge in [0.15, 0.2) is 11.5 Å². The molecule has 0 atom stereocenters. The van der Waals surface area contributed by atoms with Gasteiger partial charge in [-0.1, -0.05) is 6.07 Å². The van der Waals surface area contributed by atoms with E-state index in [1.165, 1.54) is 21.3 Å². The van der Waals surface area contributed by atoms with Crippen LogP contribution in [0.5, 0.6) is 17.2 Å². The van der Waals surface area contributed by atoms with Crippen LogP contribution >= 0.6 is 0 Å². The van der Waals surface area contributed by atoms with Crippen LogP contribution in [0.2, 0.25) is 0 Å². The predicted octanol–water partition coefficient (Wildman–Crippen LogP) is 2.43. The number of rotatable bonds is 6. The highest BCUT2D eigenvalue weighted by atomic mass is 16.5. The molecule has 2 amide bonds. The van der Waals surface area contributed by atoms with Gasteiger partial charge in [0.05, 0.1) is 27.0 Å². The van der Waals surface area contributed by atoms with E-state index in [1.54, 1.807) is 24.5 Å². The van der Waals surface area contributed by atoms with E-state index < -0.39 is 0 Å². The van der Waals surface area contributed by atoms with Crippen LogP contribution in [0.4, 0.5) is 10.5 Å². The van der Waals surface area contributed by atoms with Gasteiger partial charge >= 0.3 is 6.03 Å².